The summed E-state index contributed by atoms with van der Waals surface area (Å²) in [4.78, 5) is 26.1. The van der Waals surface area contributed by atoms with Gasteiger partial charge in [0.25, 0.3) is 0 Å². The maximum absolute atomic E-state index is 12.8. The van der Waals surface area contributed by atoms with Crippen molar-refractivity contribution in [1.82, 2.24) is 15.0 Å². The van der Waals surface area contributed by atoms with Crippen molar-refractivity contribution in [2.45, 2.75) is 46.5 Å². The van der Waals surface area contributed by atoms with Gasteiger partial charge in [-0.05, 0) is 26.3 Å². The summed E-state index contributed by atoms with van der Waals surface area (Å²) in [5.41, 5.74) is 4.34. The molecule has 1 unspecified atom stereocenters. The minimum atomic E-state index is -5.08. The van der Waals surface area contributed by atoms with Gasteiger partial charge in [0.2, 0.25) is 5.91 Å². The molecule has 4 rings (SSSR count). The van der Waals surface area contributed by atoms with Crippen LogP contribution in [0.25, 0.3) is 0 Å². The van der Waals surface area contributed by atoms with Crippen LogP contribution in [0, 0.1) is 26.2 Å². The van der Waals surface area contributed by atoms with E-state index in [1.807, 2.05) is 18.7 Å². The highest BCUT2D eigenvalue weighted by Gasteiger charge is 2.45. The molecule has 2 aliphatic heterocycles. The Labute approximate surface area is 201 Å². The van der Waals surface area contributed by atoms with Crippen LogP contribution < -0.4 is 0 Å². The number of hydrogen-bond donors (Lipinski definition) is 1. The van der Waals surface area contributed by atoms with Crippen LogP contribution in [0.3, 0.4) is 0 Å². The second-order valence-corrected chi connectivity index (χ2v) is 9.28. The molecule has 2 aromatic rings. The summed E-state index contributed by atoms with van der Waals surface area (Å²) in [6.07, 6.45) is -4.54. The molecule has 8 nitrogen and oxygen atoms in total. The number of nitrogens with zero attached hydrogens (tertiary/aromatic N) is 3. The van der Waals surface area contributed by atoms with Crippen molar-refractivity contribution in [1.29, 1.82) is 0 Å². The first-order chi connectivity index (χ1) is 16.4. The number of rotatable bonds is 4. The van der Waals surface area contributed by atoms with E-state index in [-0.39, 0.29) is 11.3 Å². The second-order valence-electron chi connectivity index (χ2n) is 9.28. The van der Waals surface area contributed by atoms with Gasteiger partial charge in [-0.15, -0.1) is 0 Å². The highest BCUT2D eigenvalue weighted by molar-refractivity contribution is 5.79. The number of likely N-dealkylation sites (tertiary alicyclic amines) is 1. The van der Waals surface area contributed by atoms with Gasteiger partial charge < -0.3 is 19.3 Å². The van der Waals surface area contributed by atoms with E-state index < -0.39 is 12.1 Å². The third kappa shape index (κ3) is 7.04. The lowest BCUT2D eigenvalue weighted by Crippen LogP contribution is -2.40. The van der Waals surface area contributed by atoms with Crippen molar-refractivity contribution in [3.05, 3.63) is 52.4 Å². The number of aromatic nitrogens is 1. The topological polar surface area (TPSA) is 96.1 Å². The van der Waals surface area contributed by atoms with Gasteiger partial charge in [0.05, 0.1) is 25.5 Å². The molecule has 0 aliphatic carbocycles. The number of carbonyl (C=O) groups excluding carboxylic acids is 1. The van der Waals surface area contributed by atoms with E-state index in [0.717, 1.165) is 43.2 Å². The van der Waals surface area contributed by atoms with Crippen LogP contribution in [-0.2, 0) is 27.4 Å². The SMILES string of the molecule is Cc1cccc(CN2CCOCC3(CC(=O)N(Cc4c(C)noc4C)C3)C2)c1.O=C(O)C(F)(F)F. The number of ether oxygens (including phenoxy) is 1. The average molecular weight is 498 g/mol. The number of aliphatic carboxylic acids is 1. The number of hydrogen-bond acceptors (Lipinski definition) is 6. The third-order valence-corrected chi connectivity index (χ3v) is 6.19. The van der Waals surface area contributed by atoms with Gasteiger partial charge in [-0.25, -0.2) is 4.79 Å². The Morgan fingerprint density at radius 2 is 1.91 bits per heavy atom. The Morgan fingerprint density at radius 1 is 1.20 bits per heavy atom. The fraction of sp³-hybridized carbons (Fsp3) is 0.542. The van der Waals surface area contributed by atoms with Gasteiger partial charge in [-0.2, -0.15) is 13.2 Å². The quantitative estimate of drug-likeness (QED) is 0.691. The van der Waals surface area contributed by atoms with E-state index in [0.29, 0.717) is 26.2 Å². The molecule has 3 heterocycles. The number of halogens is 3. The number of aryl methyl sites for hydroxylation is 3. The smallest absolute Gasteiger partial charge is 0.475 e. The predicted molar refractivity (Wildman–Crippen MR) is 119 cm³/mol. The lowest BCUT2D eigenvalue weighted by Gasteiger charge is -2.31. The highest BCUT2D eigenvalue weighted by atomic mass is 19.4. The molecule has 1 atom stereocenters. The fourth-order valence-corrected chi connectivity index (χ4v) is 4.53. The zero-order valence-electron chi connectivity index (χ0n) is 20.0. The van der Waals surface area contributed by atoms with Gasteiger partial charge in [0.15, 0.2) is 0 Å². The zero-order chi connectivity index (χ0) is 25.8. The molecule has 1 aromatic heterocycles. The summed E-state index contributed by atoms with van der Waals surface area (Å²) < 4.78 is 43.0. The summed E-state index contributed by atoms with van der Waals surface area (Å²) in [5.74, 6) is -1.77. The Kier molecular flexibility index (Phi) is 8.22. The number of benzene rings is 1. The molecule has 11 heteroatoms. The van der Waals surface area contributed by atoms with E-state index >= 15 is 0 Å². The summed E-state index contributed by atoms with van der Waals surface area (Å²) in [6, 6.07) is 8.65. The standard InChI is InChI=1S/C22H29N3O3.C2HF3O2/c1-16-5-4-6-19(9-16)11-24-7-8-27-15-22(13-24)10-21(26)25(14-22)12-20-17(2)23-28-18(20)3;3-2(4,5)1(6)7/h4-6,9H,7-8,10-15H2,1-3H3;(H,6,7). The van der Waals surface area contributed by atoms with Crippen LogP contribution in [0.5, 0.6) is 0 Å². The maximum atomic E-state index is 12.8. The first-order valence-corrected chi connectivity index (χ1v) is 11.2. The monoisotopic (exact) mass is 497 g/mol. The van der Waals surface area contributed by atoms with Crippen molar-refractivity contribution in [2.75, 3.05) is 32.8 Å². The van der Waals surface area contributed by atoms with E-state index in [4.69, 9.17) is 19.2 Å². The lowest BCUT2D eigenvalue weighted by molar-refractivity contribution is -0.192. The van der Waals surface area contributed by atoms with Gasteiger partial charge in [-0.3, -0.25) is 9.69 Å². The summed E-state index contributed by atoms with van der Waals surface area (Å²) in [7, 11) is 0. The molecular weight excluding hydrogens is 467 g/mol. The number of amides is 1. The molecule has 0 radical (unpaired) electrons. The maximum Gasteiger partial charge on any atom is 0.490 e. The normalized spacial score (nSPS) is 21.1. The molecule has 35 heavy (non-hydrogen) atoms. The van der Waals surface area contributed by atoms with E-state index in [1.54, 1.807) is 0 Å². The third-order valence-electron chi connectivity index (χ3n) is 6.19. The first kappa shape index (κ1) is 26.7. The first-order valence-electron chi connectivity index (χ1n) is 11.2. The average Bonchev–Trinajstić information content (AvgIpc) is 3.15. The minimum Gasteiger partial charge on any atom is -0.475 e. The zero-order valence-corrected chi connectivity index (χ0v) is 20.0. The van der Waals surface area contributed by atoms with Crippen LogP contribution in [0.15, 0.2) is 28.8 Å². The Hall–Kier alpha value is -2.92. The molecule has 2 aliphatic rings. The fourth-order valence-electron chi connectivity index (χ4n) is 4.53. The van der Waals surface area contributed by atoms with Crippen molar-refractivity contribution in [3.63, 3.8) is 0 Å². The predicted octanol–water partition coefficient (Wildman–Crippen LogP) is 3.48. The molecular formula is C24H30F3N3O5. The second kappa shape index (κ2) is 10.8. The van der Waals surface area contributed by atoms with Crippen molar-refractivity contribution in [2.24, 2.45) is 5.41 Å². The summed E-state index contributed by atoms with van der Waals surface area (Å²) >= 11 is 0. The molecule has 2 saturated heterocycles. The summed E-state index contributed by atoms with van der Waals surface area (Å²) in [6.45, 7) is 11.3. The number of carboxylic acids is 1. The largest absolute Gasteiger partial charge is 0.490 e. The van der Waals surface area contributed by atoms with Gasteiger partial charge >= 0.3 is 12.1 Å². The van der Waals surface area contributed by atoms with E-state index in [1.165, 1.54) is 11.1 Å². The Balaban J connectivity index is 0.000000429. The molecule has 1 N–H and O–H groups in total. The molecule has 0 bridgehead atoms. The van der Waals surface area contributed by atoms with Crippen LogP contribution in [-0.4, -0.2) is 71.0 Å². The molecule has 1 amide bonds. The van der Waals surface area contributed by atoms with Crippen LogP contribution in [0.1, 0.15) is 34.6 Å². The van der Waals surface area contributed by atoms with Crippen LogP contribution in [0.4, 0.5) is 13.2 Å². The van der Waals surface area contributed by atoms with E-state index in [2.05, 4.69) is 41.2 Å². The van der Waals surface area contributed by atoms with Crippen LogP contribution in [0.2, 0.25) is 0 Å². The van der Waals surface area contributed by atoms with Gasteiger partial charge in [0.1, 0.15) is 5.76 Å². The van der Waals surface area contributed by atoms with Crippen molar-refractivity contribution >= 4 is 11.9 Å². The summed E-state index contributed by atoms with van der Waals surface area (Å²) in [5, 5.41) is 11.1. The number of carbonyl (C=O) groups is 2. The molecule has 192 valence electrons. The molecule has 1 aromatic carbocycles. The Morgan fingerprint density at radius 3 is 2.51 bits per heavy atom. The molecule has 1 spiro atoms. The van der Waals surface area contributed by atoms with Gasteiger partial charge in [-0.1, -0.05) is 35.0 Å². The Bertz CT molecular complexity index is 1040. The highest BCUT2D eigenvalue weighted by Crippen LogP contribution is 2.36. The minimum absolute atomic E-state index is 0.142. The van der Waals surface area contributed by atoms with Gasteiger partial charge in [0, 0.05) is 43.6 Å². The molecule has 0 saturated carbocycles. The lowest BCUT2D eigenvalue weighted by atomic mass is 9.87. The van der Waals surface area contributed by atoms with Crippen LogP contribution >= 0.6 is 0 Å². The van der Waals surface area contributed by atoms with Crippen molar-refractivity contribution in [3.8, 4) is 0 Å². The number of carboxylic acid groups (broad SMARTS) is 1. The van der Waals surface area contributed by atoms with Crippen molar-refractivity contribution < 1.29 is 37.1 Å². The number of alkyl halides is 3. The molecule has 2 fully saturated rings. The van der Waals surface area contributed by atoms with E-state index in [9.17, 15) is 18.0 Å².